The van der Waals surface area contributed by atoms with Gasteiger partial charge in [-0.25, -0.2) is 0 Å². The number of nitrogens with zero attached hydrogens (tertiary/aromatic N) is 1. The molecule has 0 saturated heterocycles. The third-order valence-corrected chi connectivity index (χ3v) is 2.31. The lowest BCUT2D eigenvalue weighted by Crippen LogP contribution is -2.34. The van der Waals surface area contributed by atoms with Crippen LogP contribution in [-0.4, -0.2) is 10.5 Å². The van der Waals surface area contributed by atoms with Gasteiger partial charge in [-0.2, -0.15) is 0 Å². The molecule has 2 nitrogen and oxygen atoms in total. The topological polar surface area (TPSA) is 38.9 Å². The van der Waals surface area contributed by atoms with Gasteiger partial charge in [0, 0.05) is 17.1 Å². The van der Waals surface area contributed by atoms with Crippen molar-refractivity contribution in [1.29, 1.82) is 0 Å². The van der Waals surface area contributed by atoms with E-state index >= 15 is 0 Å². The minimum Gasteiger partial charge on any atom is -0.325 e. The highest BCUT2D eigenvalue weighted by Crippen LogP contribution is 2.15. The van der Waals surface area contributed by atoms with Crippen molar-refractivity contribution in [3.05, 3.63) is 42.1 Å². The minimum atomic E-state index is -0.176. The molecule has 0 bridgehead atoms. The Balaban J connectivity index is 2.39. The highest BCUT2D eigenvalue weighted by atomic mass is 14.7. The van der Waals surface area contributed by atoms with E-state index in [1.165, 1.54) is 10.9 Å². The van der Waals surface area contributed by atoms with Crippen LogP contribution in [0.5, 0.6) is 0 Å². The van der Waals surface area contributed by atoms with E-state index < -0.39 is 0 Å². The predicted molar refractivity (Wildman–Crippen MR) is 63.7 cm³/mol. The number of fused-ring (bicyclic) bond motifs is 1. The average molecular weight is 200 g/mol. The molecule has 0 radical (unpaired) electrons. The molecule has 2 N–H and O–H groups in total. The van der Waals surface area contributed by atoms with Gasteiger partial charge in [-0.1, -0.05) is 18.2 Å². The van der Waals surface area contributed by atoms with E-state index in [1.54, 1.807) is 0 Å². The third-order valence-electron chi connectivity index (χ3n) is 2.31. The number of hydrogen-bond donors (Lipinski definition) is 1. The van der Waals surface area contributed by atoms with Crippen molar-refractivity contribution in [2.24, 2.45) is 5.73 Å². The molecular formula is C13H16N2. The molecule has 1 heterocycles. The van der Waals surface area contributed by atoms with E-state index in [0.717, 1.165) is 11.9 Å². The summed E-state index contributed by atoms with van der Waals surface area (Å²) in [5, 5.41) is 1.18. The monoisotopic (exact) mass is 200 g/mol. The van der Waals surface area contributed by atoms with Crippen molar-refractivity contribution in [3.63, 3.8) is 0 Å². The number of aromatic nitrogens is 1. The lowest BCUT2D eigenvalue weighted by Gasteiger charge is -2.18. The lowest BCUT2D eigenvalue weighted by molar-refractivity contribution is 0.516. The summed E-state index contributed by atoms with van der Waals surface area (Å²) in [5.41, 5.74) is 8.04. The van der Waals surface area contributed by atoms with Gasteiger partial charge in [-0.3, -0.25) is 4.98 Å². The number of benzene rings is 1. The Morgan fingerprint density at radius 2 is 2.00 bits per heavy atom. The molecule has 0 unspecified atom stereocenters. The molecular weight excluding hydrogens is 184 g/mol. The van der Waals surface area contributed by atoms with Crippen LogP contribution in [0, 0.1) is 0 Å². The van der Waals surface area contributed by atoms with Crippen molar-refractivity contribution in [2.75, 3.05) is 0 Å². The summed E-state index contributed by atoms with van der Waals surface area (Å²) < 4.78 is 0. The fourth-order valence-electron chi connectivity index (χ4n) is 1.74. The van der Waals surface area contributed by atoms with Crippen molar-refractivity contribution in [2.45, 2.75) is 25.8 Å². The second-order valence-corrected chi connectivity index (χ2v) is 4.70. The molecule has 0 aliphatic carbocycles. The molecule has 2 heteroatoms. The molecule has 2 rings (SSSR count). The van der Waals surface area contributed by atoms with Crippen LogP contribution in [0.4, 0.5) is 0 Å². The average Bonchev–Trinajstić information content (AvgIpc) is 2.15. The van der Waals surface area contributed by atoms with Gasteiger partial charge in [0.05, 0.1) is 5.52 Å². The molecule has 0 aliphatic rings. The number of rotatable bonds is 2. The summed E-state index contributed by atoms with van der Waals surface area (Å²) in [6, 6.07) is 10.3. The Hall–Kier alpha value is -1.41. The Kier molecular flexibility index (Phi) is 2.45. The Bertz CT molecular complexity index is 469. The summed E-state index contributed by atoms with van der Waals surface area (Å²) in [5.74, 6) is 0. The van der Waals surface area contributed by atoms with Crippen LogP contribution in [0.2, 0.25) is 0 Å². The minimum absolute atomic E-state index is 0.176. The molecule has 78 valence electrons. The van der Waals surface area contributed by atoms with Gasteiger partial charge < -0.3 is 5.73 Å². The quantitative estimate of drug-likeness (QED) is 0.809. The standard InChI is InChI=1S/C13H16N2/c1-13(2,14)8-10-7-11-5-3-4-6-12(11)15-9-10/h3-7,9H,8,14H2,1-2H3. The summed E-state index contributed by atoms with van der Waals surface area (Å²) in [6.45, 7) is 4.06. The van der Waals surface area contributed by atoms with Gasteiger partial charge in [-0.15, -0.1) is 0 Å². The predicted octanol–water partition coefficient (Wildman–Crippen LogP) is 2.51. The second kappa shape index (κ2) is 3.63. The first-order chi connectivity index (χ1) is 7.04. The Labute approximate surface area is 90.1 Å². The maximum atomic E-state index is 5.98. The third kappa shape index (κ3) is 2.54. The molecule has 1 aromatic heterocycles. The first-order valence-corrected chi connectivity index (χ1v) is 5.17. The number of pyridine rings is 1. The molecule has 1 aromatic carbocycles. The Morgan fingerprint density at radius 3 is 2.73 bits per heavy atom. The van der Waals surface area contributed by atoms with Crippen LogP contribution in [0.1, 0.15) is 19.4 Å². The van der Waals surface area contributed by atoms with Crippen molar-refractivity contribution < 1.29 is 0 Å². The molecule has 15 heavy (non-hydrogen) atoms. The smallest absolute Gasteiger partial charge is 0.0702 e. The molecule has 0 spiro atoms. The van der Waals surface area contributed by atoms with Gasteiger partial charge in [0.25, 0.3) is 0 Å². The van der Waals surface area contributed by atoms with Crippen molar-refractivity contribution >= 4 is 10.9 Å². The van der Waals surface area contributed by atoms with Gasteiger partial charge in [0.1, 0.15) is 0 Å². The van der Waals surface area contributed by atoms with Crippen LogP contribution in [0.25, 0.3) is 10.9 Å². The Morgan fingerprint density at radius 1 is 1.27 bits per heavy atom. The molecule has 0 amide bonds. The molecule has 2 aromatic rings. The molecule has 0 saturated carbocycles. The van der Waals surface area contributed by atoms with E-state index in [1.807, 2.05) is 38.2 Å². The SMILES string of the molecule is CC(C)(N)Cc1cnc2ccccc2c1. The van der Waals surface area contributed by atoms with E-state index in [9.17, 15) is 0 Å². The van der Waals surface area contributed by atoms with Crippen LogP contribution in [-0.2, 0) is 6.42 Å². The number of para-hydroxylation sites is 1. The summed E-state index contributed by atoms with van der Waals surface area (Å²) >= 11 is 0. The lowest BCUT2D eigenvalue weighted by atomic mass is 9.96. The van der Waals surface area contributed by atoms with Crippen LogP contribution in [0.15, 0.2) is 36.5 Å². The molecule has 0 atom stereocenters. The van der Waals surface area contributed by atoms with Crippen molar-refractivity contribution in [3.8, 4) is 0 Å². The van der Waals surface area contributed by atoms with Crippen LogP contribution in [0.3, 0.4) is 0 Å². The first-order valence-electron chi connectivity index (χ1n) is 5.17. The normalized spacial score (nSPS) is 11.9. The molecule has 0 fully saturated rings. The van der Waals surface area contributed by atoms with E-state index in [-0.39, 0.29) is 5.54 Å². The van der Waals surface area contributed by atoms with Gasteiger partial charge >= 0.3 is 0 Å². The van der Waals surface area contributed by atoms with Gasteiger partial charge in [0.15, 0.2) is 0 Å². The van der Waals surface area contributed by atoms with E-state index in [0.29, 0.717) is 0 Å². The number of nitrogens with two attached hydrogens (primary N) is 1. The highest BCUT2D eigenvalue weighted by molar-refractivity contribution is 5.78. The zero-order chi connectivity index (χ0) is 10.9. The largest absolute Gasteiger partial charge is 0.325 e. The molecule has 0 aliphatic heterocycles. The maximum Gasteiger partial charge on any atom is 0.0702 e. The fourth-order valence-corrected chi connectivity index (χ4v) is 1.74. The summed E-state index contributed by atoms with van der Waals surface area (Å²) in [6.07, 6.45) is 2.77. The van der Waals surface area contributed by atoms with E-state index in [4.69, 9.17) is 5.73 Å². The summed E-state index contributed by atoms with van der Waals surface area (Å²) in [4.78, 5) is 4.41. The zero-order valence-corrected chi connectivity index (χ0v) is 9.20. The van der Waals surface area contributed by atoms with Gasteiger partial charge in [0.2, 0.25) is 0 Å². The van der Waals surface area contributed by atoms with Gasteiger partial charge in [-0.05, 0) is 38.0 Å². The highest BCUT2D eigenvalue weighted by Gasteiger charge is 2.11. The summed E-state index contributed by atoms with van der Waals surface area (Å²) in [7, 11) is 0. The van der Waals surface area contributed by atoms with Crippen LogP contribution >= 0.6 is 0 Å². The van der Waals surface area contributed by atoms with E-state index in [2.05, 4.69) is 17.1 Å². The van der Waals surface area contributed by atoms with Crippen LogP contribution < -0.4 is 5.73 Å². The first kappa shape index (κ1) is 10.1. The maximum absolute atomic E-state index is 5.98. The zero-order valence-electron chi connectivity index (χ0n) is 9.20. The number of hydrogen-bond acceptors (Lipinski definition) is 2. The fraction of sp³-hybridized carbons (Fsp3) is 0.308. The van der Waals surface area contributed by atoms with Crippen molar-refractivity contribution in [1.82, 2.24) is 4.98 Å². The second-order valence-electron chi connectivity index (χ2n) is 4.70.